The molecule has 0 unspecified atom stereocenters. The van der Waals surface area contributed by atoms with E-state index in [1.807, 2.05) is 6.92 Å². The average molecular weight is 144 g/mol. The van der Waals surface area contributed by atoms with Gasteiger partial charge in [-0.25, -0.2) is 0 Å². The lowest BCUT2D eigenvalue weighted by atomic mass is 9.77. The van der Waals surface area contributed by atoms with Crippen molar-refractivity contribution in [2.75, 3.05) is 6.61 Å². The van der Waals surface area contributed by atoms with Crippen LogP contribution in [0.2, 0.25) is 0 Å². The fourth-order valence-corrected chi connectivity index (χ4v) is 1.63. The van der Waals surface area contributed by atoms with E-state index in [9.17, 15) is 5.11 Å². The molecule has 1 fully saturated rings. The Morgan fingerprint density at radius 1 is 1.50 bits per heavy atom. The Morgan fingerprint density at radius 3 is 2.60 bits per heavy atom. The van der Waals surface area contributed by atoms with E-state index in [-0.39, 0.29) is 12.5 Å². The van der Waals surface area contributed by atoms with Crippen LogP contribution in [0.1, 0.15) is 32.6 Å². The van der Waals surface area contributed by atoms with Crippen LogP contribution in [0.5, 0.6) is 0 Å². The third kappa shape index (κ3) is 1.32. The summed E-state index contributed by atoms with van der Waals surface area (Å²) in [7, 11) is 0. The zero-order valence-corrected chi connectivity index (χ0v) is 6.51. The van der Waals surface area contributed by atoms with Gasteiger partial charge in [-0.05, 0) is 18.8 Å². The molecular weight excluding hydrogens is 128 g/mol. The second-order valence-corrected chi connectivity index (χ2v) is 3.41. The number of hydrogen-bond acceptors (Lipinski definition) is 2. The predicted molar refractivity (Wildman–Crippen MR) is 39.7 cm³/mol. The van der Waals surface area contributed by atoms with Crippen LogP contribution in [-0.4, -0.2) is 22.4 Å². The first-order valence-electron chi connectivity index (χ1n) is 4.02. The Hall–Kier alpha value is -0.0800. The van der Waals surface area contributed by atoms with Crippen LogP contribution in [0.25, 0.3) is 0 Å². The molecule has 0 aromatic carbocycles. The minimum atomic E-state index is -0.766. The van der Waals surface area contributed by atoms with Gasteiger partial charge < -0.3 is 10.2 Å². The maximum absolute atomic E-state index is 9.70. The number of aliphatic hydroxyl groups excluding tert-OH is 1. The van der Waals surface area contributed by atoms with Crippen molar-refractivity contribution >= 4 is 0 Å². The van der Waals surface area contributed by atoms with Crippen LogP contribution in [0, 0.1) is 5.92 Å². The zero-order chi connectivity index (χ0) is 7.61. The Balaban J connectivity index is 2.54. The molecule has 0 heterocycles. The first kappa shape index (κ1) is 8.02. The summed E-state index contributed by atoms with van der Waals surface area (Å²) in [5.41, 5.74) is -0.766. The molecule has 0 aliphatic heterocycles. The van der Waals surface area contributed by atoms with E-state index in [0.29, 0.717) is 0 Å². The Bertz CT molecular complexity index is 114. The van der Waals surface area contributed by atoms with Crippen molar-refractivity contribution in [2.24, 2.45) is 5.92 Å². The van der Waals surface area contributed by atoms with Crippen molar-refractivity contribution in [3.8, 4) is 0 Å². The highest BCUT2D eigenvalue weighted by atomic mass is 16.3. The summed E-state index contributed by atoms with van der Waals surface area (Å²) in [4.78, 5) is 0. The lowest BCUT2D eigenvalue weighted by Gasteiger charge is -2.36. The molecule has 1 saturated carbocycles. The largest absolute Gasteiger partial charge is 0.393 e. The summed E-state index contributed by atoms with van der Waals surface area (Å²) in [5.74, 6) is 0.270. The van der Waals surface area contributed by atoms with Crippen molar-refractivity contribution < 1.29 is 10.2 Å². The minimum absolute atomic E-state index is 0.0752. The molecule has 0 radical (unpaired) electrons. The van der Waals surface area contributed by atoms with Crippen LogP contribution in [-0.2, 0) is 0 Å². The SMILES string of the molecule is C[C@@H]1CCCC[C@]1(O)CO. The van der Waals surface area contributed by atoms with Crippen molar-refractivity contribution in [1.29, 1.82) is 0 Å². The standard InChI is InChI=1S/C8H16O2/c1-7-4-2-3-5-8(7,10)6-9/h7,9-10H,2-6H2,1H3/t7-,8+/m1/s1. The molecular formula is C8H16O2. The first-order valence-corrected chi connectivity index (χ1v) is 4.02. The summed E-state index contributed by atoms with van der Waals surface area (Å²) in [6.45, 7) is 1.93. The summed E-state index contributed by atoms with van der Waals surface area (Å²) in [6.07, 6.45) is 4.08. The maximum Gasteiger partial charge on any atom is 0.0902 e. The first-order chi connectivity index (χ1) is 4.69. The normalized spacial score (nSPS) is 41.7. The Labute approximate surface area is 61.9 Å². The van der Waals surface area contributed by atoms with Gasteiger partial charge in [0.2, 0.25) is 0 Å². The summed E-state index contributed by atoms with van der Waals surface area (Å²) in [5, 5.41) is 18.6. The van der Waals surface area contributed by atoms with E-state index in [0.717, 1.165) is 19.3 Å². The minimum Gasteiger partial charge on any atom is -0.393 e. The molecule has 1 rings (SSSR count). The van der Waals surface area contributed by atoms with Crippen LogP contribution >= 0.6 is 0 Å². The monoisotopic (exact) mass is 144 g/mol. The number of rotatable bonds is 1. The summed E-state index contributed by atoms with van der Waals surface area (Å²) >= 11 is 0. The lowest BCUT2D eigenvalue weighted by Crippen LogP contribution is -2.42. The molecule has 0 amide bonds. The van der Waals surface area contributed by atoms with Crippen LogP contribution < -0.4 is 0 Å². The Kier molecular flexibility index (Phi) is 2.32. The molecule has 2 nitrogen and oxygen atoms in total. The van der Waals surface area contributed by atoms with Gasteiger partial charge in [0.25, 0.3) is 0 Å². The van der Waals surface area contributed by atoms with E-state index >= 15 is 0 Å². The van der Waals surface area contributed by atoms with Gasteiger partial charge in [-0.15, -0.1) is 0 Å². The highest BCUT2D eigenvalue weighted by molar-refractivity contribution is 4.86. The van der Waals surface area contributed by atoms with Crippen LogP contribution in [0.15, 0.2) is 0 Å². The molecule has 60 valence electrons. The third-order valence-electron chi connectivity index (χ3n) is 2.69. The third-order valence-corrected chi connectivity index (χ3v) is 2.69. The van der Waals surface area contributed by atoms with Gasteiger partial charge in [-0.2, -0.15) is 0 Å². The van der Waals surface area contributed by atoms with Crippen molar-refractivity contribution in [3.05, 3.63) is 0 Å². The lowest BCUT2D eigenvalue weighted by molar-refractivity contribution is -0.0793. The van der Waals surface area contributed by atoms with E-state index in [4.69, 9.17) is 5.11 Å². The molecule has 2 heteroatoms. The highest BCUT2D eigenvalue weighted by Gasteiger charge is 2.34. The molecule has 1 aliphatic rings. The van der Waals surface area contributed by atoms with E-state index in [1.54, 1.807) is 0 Å². The summed E-state index contributed by atoms with van der Waals surface area (Å²) in [6, 6.07) is 0. The molecule has 10 heavy (non-hydrogen) atoms. The van der Waals surface area contributed by atoms with Gasteiger partial charge in [0.05, 0.1) is 12.2 Å². The topological polar surface area (TPSA) is 40.5 Å². The second kappa shape index (κ2) is 2.89. The van der Waals surface area contributed by atoms with Crippen molar-refractivity contribution in [2.45, 2.75) is 38.2 Å². The van der Waals surface area contributed by atoms with Crippen molar-refractivity contribution in [1.82, 2.24) is 0 Å². The predicted octanol–water partition coefficient (Wildman–Crippen LogP) is 0.920. The molecule has 0 bridgehead atoms. The average Bonchev–Trinajstić information content (AvgIpc) is 1.96. The Morgan fingerprint density at radius 2 is 2.20 bits per heavy atom. The molecule has 0 aromatic rings. The van der Waals surface area contributed by atoms with Gasteiger partial charge in [-0.3, -0.25) is 0 Å². The van der Waals surface area contributed by atoms with Gasteiger partial charge >= 0.3 is 0 Å². The van der Waals surface area contributed by atoms with Gasteiger partial charge in [0.1, 0.15) is 0 Å². The fraction of sp³-hybridized carbons (Fsp3) is 1.00. The second-order valence-electron chi connectivity index (χ2n) is 3.41. The van der Waals surface area contributed by atoms with Crippen LogP contribution in [0.4, 0.5) is 0 Å². The molecule has 0 aromatic heterocycles. The molecule has 0 spiro atoms. The molecule has 0 saturated heterocycles. The molecule has 2 N–H and O–H groups in total. The van der Waals surface area contributed by atoms with Crippen LogP contribution in [0.3, 0.4) is 0 Å². The van der Waals surface area contributed by atoms with Gasteiger partial charge in [-0.1, -0.05) is 19.8 Å². The maximum atomic E-state index is 9.70. The molecule has 2 atom stereocenters. The number of aliphatic hydroxyl groups is 2. The molecule has 1 aliphatic carbocycles. The smallest absolute Gasteiger partial charge is 0.0902 e. The fourth-order valence-electron chi connectivity index (χ4n) is 1.63. The van der Waals surface area contributed by atoms with Crippen molar-refractivity contribution in [3.63, 3.8) is 0 Å². The van der Waals surface area contributed by atoms with E-state index in [1.165, 1.54) is 6.42 Å². The quantitative estimate of drug-likeness (QED) is 0.574. The van der Waals surface area contributed by atoms with Gasteiger partial charge in [0, 0.05) is 0 Å². The van der Waals surface area contributed by atoms with E-state index in [2.05, 4.69) is 0 Å². The van der Waals surface area contributed by atoms with E-state index < -0.39 is 5.60 Å². The number of hydrogen-bond donors (Lipinski definition) is 2. The van der Waals surface area contributed by atoms with Gasteiger partial charge in [0.15, 0.2) is 0 Å². The highest BCUT2D eigenvalue weighted by Crippen LogP contribution is 2.32. The zero-order valence-electron chi connectivity index (χ0n) is 6.51. The summed E-state index contributed by atoms with van der Waals surface area (Å²) < 4.78 is 0.